The van der Waals surface area contributed by atoms with Crippen molar-refractivity contribution in [1.82, 2.24) is 4.90 Å². The standard InChI is InChI=1S/C21H20ClNO4S2/c1-27-16-8-6-14(7-9-16)12-23(15-10-11-29(25,26)13-15)21(24)20-19(22)17-4-2-3-5-18(17)28-20/h2-9,15H,10-13H2,1H3/t15-/m0/s1. The van der Waals surface area contributed by atoms with Crippen LogP contribution in [0.3, 0.4) is 0 Å². The maximum atomic E-state index is 13.5. The van der Waals surface area contributed by atoms with Crippen molar-refractivity contribution in [2.75, 3.05) is 18.6 Å². The summed E-state index contributed by atoms with van der Waals surface area (Å²) >= 11 is 7.87. The second-order valence-corrected chi connectivity index (χ2v) is 10.7. The Morgan fingerprint density at radius 1 is 1.21 bits per heavy atom. The summed E-state index contributed by atoms with van der Waals surface area (Å²) in [7, 11) is -1.54. The number of sulfone groups is 1. The molecule has 8 heteroatoms. The van der Waals surface area contributed by atoms with Gasteiger partial charge in [-0.25, -0.2) is 8.42 Å². The van der Waals surface area contributed by atoms with Crippen LogP contribution in [0.25, 0.3) is 10.1 Å². The number of halogens is 1. The van der Waals surface area contributed by atoms with Gasteiger partial charge in [-0.3, -0.25) is 4.79 Å². The largest absolute Gasteiger partial charge is 0.497 e. The number of nitrogens with zero attached hydrogens (tertiary/aromatic N) is 1. The van der Waals surface area contributed by atoms with E-state index in [0.29, 0.717) is 22.9 Å². The van der Waals surface area contributed by atoms with Crippen LogP contribution >= 0.6 is 22.9 Å². The molecule has 152 valence electrons. The van der Waals surface area contributed by atoms with Gasteiger partial charge in [-0.1, -0.05) is 41.9 Å². The molecule has 1 aliphatic rings. The average Bonchev–Trinajstić information content (AvgIpc) is 3.25. The number of hydrogen-bond donors (Lipinski definition) is 0. The van der Waals surface area contributed by atoms with E-state index in [0.717, 1.165) is 21.4 Å². The van der Waals surface area contributed by atoms with E-state index in [9.17, 15) is 13.2 Å². The van der Waals surface area contributed by atoms with Crippen molar-refractivity contribution in [3.8, 4) is 5.75 Å². The minimum Gasteiger partial charge on any atom is -0.497 e. The lowest BCUT2D eigenvalue weighted by Gasteiger charge is -2.28. The van der Waals surface area contributed by atoms with E-state index in [1.807, 2.05) is 48.5 Å². The Balaban J connectivity index is 1.70. The van der Waals surface area contributed by atoms with E-state index < -0.39 is 9.84 Å². The normalized spacial score (nSPS) is 18.1. The van der Waals surface area contributed by atoms with E-state index >= 15 is 0 Å². The number of rotatable bonds is 5. The Kier molecular flexibility index (Phi) is 5.55. The number of thiophene rings is 1. The van der Waals surface area contributed by atoms with Gasteiger partial charge in [0.2, 0.25) is 0 Å². The molecule has 0 spiro atoms. The first-order valence-corrected chi connectivity index (χ1v) is 12.2. The van der Waals surface area contributed by atoms with E-state index in [1.165, 1.54) is 11.3 Å². The van der Waals surface area contributed by atoms with Gasteiger partial charge in [-0.05, 0) is 30.2 Å². The fraction of sp³-hybridized carbons (Fsp3) is 0.286. The molecule has 1 saturated heterocycles. The second kappa shape index (κ2) is 7.97. The molecule has 1 amide bonds. The van der Waals surface area contributed by atoms with Gasteiger partial charge in [0.05, 0.1) is 23.6 Å². The minimum atomic E-state index is -3.14. The van der Waals surface area contributed by atoms with E-state index in [2.05, 4.69) is 0 Å². The van der Waals surface area contributed by atoms with Crippen LogP contribution < -0.4 is 4.74 Å². The first-order chi connectivity index (χ1) is 13.9. The van der Waals surface area contributed by atoms with Gasteiger partial charge in [0, 0.05) is 22.7 Å². The number of carbonyl (C=O) groups excluding carboxylic acids is 1. The SMILES string of the molecule is COc1ccc(CN(C(=O)c2sc3ccccc3c2Cl)[C@H]2CCS(=O)(=O)C2)cc1. The molecule has 0 bridgehead atoms. The average molecular weight is 450 g/mol. The number of methoxy groups -OCH3 is 1. The van der Waals surface area contributed by atoms with Gasteiger partial charge in [0.25, 0.3) is 5.91 Å². The zero-order valence-corrected chi connectivity index (χ0v) is 18.2. The summed E-state index contributed by atoms with van der Waals surface area (Å²) in [6, 6.07) is 14.7. The van der Waals surface area contributed by atoms with Crippen molar-refractivity contribution in [2.24, 2.45) is 0 Å². The molecule has 2 heterocycles. The zero-order valence-electron chi connectivity index (χ0n) is 15.8. The molecule has 3 aromatic rings. The van der Waals surface area contributed by atoms with Gasteiger partial charge in [0.1, 0.15) is 10.6 Å². The van der Waals surface area contributed by atoms with Gasteiger partial charge < -0.3 is 9.64 Å². The van der Waals surface area contributed by atoms with Crippen LogP contribution in [-0.4, -0.2) is 43.9 Å². The van der Waals surface area contributed by atoms with Gasteiger partial charge in [0.15, 0.2) is 9.84 Å². The molecule has 2 aromatic carbocycles. The van der Waals surface area contributed by atoms with E-state index in [4.69, 9.17) is 16.3 Å². The highest BCUT2D eigenvalue weighted by Gasteiger charge is 2.36. The topological polar surface area (TPSA) is 63.7 Å². The minimum absolute atomic E-state index is 0.0165. The van der Waals surface area contributed by atoms with E-state index in [-0.39, 0.29) is 23.5 Å². The van der Waals surface area contributed by atoms with Gasteiger partial charge in [-0.2, -0.15) is 0 Å². The number of amides is 1. The Morgan fingerprint density at radius 2 is 1.93 bits per heavy atom. The summed E-state index contributed by atoms with van der Waals surface area (Å²) in [5.74, 6) is 0.582. The molecular weight excluding hydrogens is 430 g/mol. The monoisotopic (exact) mass is 449 g/mol. The molecule has 0 saturated carbocycles. The number of carbonyl (C=O) groups is 1. The van der Waals surface area contributed by atoms with Crippen molar-refractivity contribution in [3.63, 3.8) is 0 Å². The molecule has 29 heavy (non-hydrogen) atoms. The van der Waals surface area contributed by atoms with E-state index in [1.54, 1.807) is 12.0 Å². The number of fused-ring (bicyclic) bond motifs is 1. The van der Waals surface area contributed by atoms with Crippen LogP contribution in [0.5, 0.6) is 5.75 Å². The predicted octanol–water partition coefficient (Wildman–Crippen LogP) is 4.39. The lowest BCUT2D eigenvalue weighted by molar-refractivity contribution is 0.0686. The smallest absolute Gasteiger partial charge is 0.266 e. The summed E-state index contributed by atoms with van der Waals surface area (Å²) in [6.07, 6.45) is 0.437. The fourth-order valence-corrected chi connectivity index (χ4v) is 6.80. The third-order valence-corrected chi connectivity index (χ3v) is 8.56. The fourth-order valence-electron chi connectivity index (χ4n) is 3.60. The summed E-state index contributed by atoms with van der Waals surface area (Å²) in [5.41, 5.74) is 0.903. The molecule has 0 aliphatic carbocycles. The first-order valence-electron chi connectivity index (χ1n) is 9.19. The quantitative estimate of drug-likeness (QED) is 0.579. The molecule has 4 rings (SSSR count). The number of benzene rings is 2. The molecule has 1 fully saturated rings. The Morgan fingerprint density at radius 3 is 2.55 bits per heavy atom. The van der Waals surface area contributed by atoms with Crippen molar-refractivity contribution in [1.29, 1.82) is 0 Å². The third kappa shape index (κ3) is 4.13. The maximum Gasteiger partial charge on any atom is 0.266 e. The molecule has 1 aromatic heterocycles. The number of hydrogen-bond acceptors (Lipinski definition) is 5. The number of ether oxygens (including phenoxy) is 1. The van der Waals surface area contributed by atoms with Gasteiger partial charge >= 0.3 is 0 Å². The highest BCUT2D eigenvalue weighted by atomic mass is 35.5. The molecule has 0 N–H and O–H groups in total. The lowest BCUT2D eigenvalue weighted by Crippen LogP contribution is -2.40. The predicted molar refractivity (Wildman–Crippen MR) is 117 cm³/mol. The van der Waals surface area contributed by atoms with Crippen LogP contribution in [0.4, 0.5) is 0 Å². The van der Waals surface area contributed by atoms with Crippen molar-refractivity contribution >= 4 is 48.8 Å². The van der Waals surface area contributed by atoms with Crippen LogP contribution in [0, 0.1) is 0 Å². The van der Waals surface area contributed by atoms with Crippen LogP contribution in [-0.2, 0) is 16.4 Å². The highest BCUT2D eigenvalue weighted by Crippen LogP contribution is 2.37. The summed E-state index contributed by atoms with van der Waals surface area (Å²) in [6.45, 7) is 0.313. The Labute approximate surface area is 178 Å². The molecule has 1 aliphatic heterocycles. The van der Waals surface area contributed by atoms with Crippen molar-refractivity contribution in [2.45, 2.75) is 19.0 Å². The molecule has 1 atom stereocenters. The Bertz CT molecular complexity index is 1160. The van der Waals surface area contributed by atoms with Gasteiger partial charge in [-0.15, -0.1) is 11.3 Å². The molecule has 0 unspecified atom stereocenters. The van der Waals surface area contributed by atoms with Crippen LogP contribution in [0.2, 0.25) is 5.02 Å². The first kappa shape index (κ1) is 20.2. The third-order valence-electron chi connectivity index (χ3n) is 5.15. The highest BCUT2D eigenvalue weighted by molar-refractivity contribution is 7.91. The second-order valence-electron chi connectivity index (χ2n) is 7.08. The van der Waals surface area contributed by atoms with Crippen LogP contribution in [0.1, 0.15) is 21.7 Å². The Hall–Kier alpha value is -2.09. The van der Waals surface area contributed by atoms with Crippen molar-refractivity contribution in [3.05, 3.63) is 64.0 Å². The van der Waals surface area contributed by atoms with Crippen LogP contribution in [0.15, 0.2) is 48.5 Å². The summed E-state index contributed by atoms with van der Waals surface area (Å²) in [5, 5.41) is 1.27. The summed E-state index contributed by atoms with van der Waals surface area (Å²) in [4.78, 5) is 15.6. The molecular formula is C21H20ClNO4S2. The summed E-state index contributed by atoms with van der Waals surface area (Å²) < 4.78 is 30.3. The lowest BCUT2D eigenvalue weighted by atomic mass is 10.1. The molecule has 0 radical (unpaired) electrons. The maximum absolute atomic E-state index is 13.5. The van der Waals surface area contributed by atoms with Crippen molar-refractivity contribution < 1.29 is 17.9 Å². The molecule has 5 nitrogen and oxygen atoms in total. The zero-order chi connectivity index (χ0) is 20.6.